The zero-order chi connectivity index (χ0) is 20.9. The van der Waals surface area contributed by atoms with Gasteiger partial charge in [-0.3, -0.25) is 14.1 Å². The summed E-state index contributed by atoms with van der Waals surface area (Å²) in [6, 6.07) is 5.92. The van der Waals surface area contributed by atoms with Crippen molar-refractivity contribution >= 4 is 33.6 Å². The van der Waals surface area contributed by atoms with Crippen LogP contribution in [0, 0.1) is 10.8 Å². The van der Waals surface area contributed by atoms with Gasteiger partial charge < -0.3 is 10.1 Å². The van der Waals surface area contributed by atoms with E-state index < -0.39 is 21.1 Å². The third kappa shape index (κ3) is 6.72. The van der Waals surface area contributed by atoms with Crippen LogP contribution in [0.25, 0.3) is 0 Å². The standard InChI is InChI=1S/C17H25N3O6S/c1-6-17(4,11-16(2,3)15(22)26-5)14(21)18-12-7-9-13(10-8-12)19-20-27(23,24)25/h7-10H,6,11H2,1-5H3,(H,18,21)(H,23,24,25). The highest BCUT2D eigenvalue weighted by atomic mass is 32.2. The van der Waals surface area contributed by atoms with E-state index in [1.54, 1.807) is 20.8 Å². The Morgan fingerprint density at radius 1 is 1.19 bits per heavy atom. The number of nitrogens with zero attached hydrogens (tertiary/aromatic N) is 2. The highest BCUT2D eigenvalue weighted by Crippen LogP contribution is 2.38. The molecule has 1 atom stereocenters. The van der Waals surface area contributed by atoms with Crippen LogP contribution in [0.1, 0.15) is 40.5 Å². The summed E-state index contributed by atoms with van der Waals surface area (Å²) in [6.07, 6.45) is 0.815. The van der Waals surface area contributed by atoms with Gasteiger partial charge in [-0.2, -0.15) is 8.42 Å². The quantitative estimate of drug-likeness (QED) is 0.390. The van der Waals surface area contributed by atoms with Crippen molar-refractivity contribution < 1.29 is 27.3 Å². The van der Waals surface area contributed by atoms with E-state index in [-0.39, 0.29) is 17.6 Å². The Bertz CT molecular complexity index is 818. The number of hydrogen-bond acceptors (Lipinski definition) is 6. The second-order valence-electron chi connectivity index (χ2n) is 7.10. The first-order valence-corrected chi connectivity index (χ1v) is 9.63. The topological polar surface area (TPSA) is 134 Å². The van der Waals surface area contributed by atoms with Gasteiger partial charge in [-0.1, -0.05) is 13.8 Å². The highest BCUT2D eigenvalue weighted by molar-refractivity contribution is 7.84. The maximum atomic E-state index is 12.8. The van der Waals surface area contributed by atoms with Crippen LogP contribution in [0.5, 0.6) is 0 Å². The smallest absolute Gasteiger partial charge is 0.396 e. The summed E-state index contributed by atoms with van der Waals surface area (Å²) in [6.45, 7) is 7.11. The molecule has 0 saturated carbocycles. The molecule has 2 N–H and O–H groups in total. The number of hydrogen-bond donors (Lipinski definition) is 2. The van der Waals surface area contributed by atoms with E-state index in [1.165, 1.54) is 31.4 Å². The predicted octanol–water partition coefficient (Wildman–Crippen LogP) is 3.52. The minimum atomic E-state index is -4.55. The SMILES string of the molecule is CCC(C)(CC(C)(C)C(=O)OC)C(=O)Nc1ccc(N=NS(=O)(=O)O)cc1. The van der Waals surface area contributed by atoms with Crippen molar-refractivity contribution in [3.63, 3.8) is 0 Å². The van der Waals surface area contributed by atoms with Crippen molar-refractivity contribution in [2.24, 2.45) is 20.5 Å². The molecule has 1 unspecified atom stereocenters. The molecule has 0 bridgehead atoms. The summed E-state index contributed by atoms with van der Waals surface area (Å²) in [7, 11) is -3.24. The van der Waals surface area contributed by atoms with E-state index in [0.717, 1.165) is 0 Å². The first kappa shape index (κ1) is 22.7. The Labute approximate surface area is 159 Å². The van der Waals surface area contributed by atoms with Crippen LogP contribution in [0.4, 0.5) is 11.4 Å². The van der Waals surface area contributed by atoms with E-state index in [2.05, 4.69) is 15.0 Å². The maximum absolute atomic E-state index is 12.8. The second kappa shape index (κ2) is 8.57. The average molecular weight is 399 g/mol. The summed E-state index contributed by atoms with van der Waals surface area (Å²) in [4.78, 5) is 24.7. The first-order valence-electron chi connectivity index (χ1n) is 8.23. The molecule has 0 aromatic heterocycles. The van der Waals surface area contributed by atoms with Gasteiger partial charge in [0.2, 0.25) is 5.91 Å². The lowest BCUT2D eigenvalue weighted by Gasteiger charge is -2.34. The Morgan fingerprint density at radius 3 is 2.19 bits per heavy atom. The second-order valence-corrected chi connectivity index (χ2v) is 8.16. The van der Waals surface area contributed by atoms with E-state index in [4.69, 9.17) is 9.29 Å². The van der Waals surface area contributed by atoms with Crippen molar-refractivity contribution in [2.45, 2.75) is 40.5 Å². The average Bonchev–Trinajstić information content (AvgIpc) is 2.59. The molecule has 1 amide bonds. The van der Waals surface area contributed by atoms with Crippen molar-refractivity contribution in [3.05, 3.63) is 24.3 Å². The zero-order valence-electron chi connectivity index (χ0n) is 16.0. The van der Waals surface area contributed by atoms with Crippen LogP contribution in [-0.2, 0) is 24.6 Å². The van der Waals surface area contributed by atoms with Crippen molar-refractivity contribution in [3.8, 4) is 0 Å². The summed E-state index contributed by atoms with van der Waals surface area (Å²) < 4.78 is 37.2. The number of ether oxygens (including phenoxy) is 1. The molecule has 9 nitrogen and oxygen atoms in total. The lowest BCUT2D eigenvalue weighted by atomic mass is 9.72. The van der Waals surface area contributed by atoms with Gasteiger partial charge in [0.15, 0.2) is 0 Å². The summed E-state index contributed by atoms with van der Waals surface area (Å²) in [5.74, 6) is -0.641. The number of carbonyl (C=O) groups excluding carboxylic acids is 2. The number of amides is 1. The molecule has 0 saturated heterocycles. The molecule has 10 heteroatoms. The van der Waals surface area contributed by atoms with Gasteiger partial charge in [0.05, 0.1) is 18.2 Å². The van der Waals surface area contributed by atoms with Crippen molar-refractivity contribution in [1.82, 2.24) is 0 Å². The van der Waals surface area contributed by atoms with E-state index >= 15 is 0 Å². The van der Waals surface area contributed by atoms with Crippen molar-refractivity contribution in [1.29, 1.82) is 0 Å². The number of anilines is 1. The number of rotatable bonds is 8. The maximum Gasteiger partial charge on any atom is 0.396 e. The molecule has 0 fully saturated rings. The van der Waals surface area contributed by atoms with Crippen LogP contribution in [0.2, 0.25) is 0 Å². The largest absolute Gasteiger partial charge is 0.469 e. The van der Waals surface area contributed by atoms with Crippen LogP contribution in [0.3, 0.4) is 0 Å². The van der Waals surface area contributed by atoms with Crippen molar-refractivity contribution in [2.75, 3.05) is 12.4 Å². The first-order chi connectivity index (χ1) is 12.3. The number of nitrogens with one attached hydrogen (secondary N) is 1. The fourth-order valence-corrected chi connectivity index (χ4v) is 2.88. The number of benzene rings is 1. The molecule has 0 spiro atoms. The minimum Gasteiger partial charge on any atom is -0.469 e. The Balaban J connectivity index is 2.92. The van der Waals surface area contributed by atoms with E-state index in [0.29, 0.717) is 18.5 Å². The van der Waals surface area contributed by atoms with Gasteiger partial charge in [-0.05, 0) is 55.5 Å². The summed E-state index contributed by atoms with van der Waals surface area (Å²) in [5, 5.41) is 6.14. The number of methoxy groups -OCH3 is 1. The monoisotopic (exact) mass is 399 g/mol. The molecule has 0 aliphatic heterocycles. The summed E-state index contributed by atoms with van der Waals surface area (Å²) >= 11 is 0. The number of esters is 1. The molecule has 1 aromatic carbocycles. The molecule has 0 aliphatic carbocycles. The van der Waals surface area contributed by atoms with E-state index in [1.807, 2.05) is 6.92 Å². The van der Waals surface area contributed by atoms with Crippen LogP contribution >= 0.6 is 0 Å². The van der Waals surface area contributed by atoms with Gasteiger partial charge in [-0.15, -0.1) is 5.11 Å². The third-order valence-corrected chi connectivity index (χ3v) is 4.57. The molecule has 1 rings (SSSR count). The highest BCUT2D eigenvalue weighted by Gasteiger charge is 2.41. The minimum absolute atomic E-state index is 0.190. The molecule has 0 aliphatic rings. The zero-order valence-corrected chi connectivity index (χ0v) is 16.8. The normalized spacial score (nSPS) is 14.6. The van der Waals surface area contributed by atoms with Gasteiger partial charge in [-0.25, -0.2) is 0 Å². The molecule has 0 radical (unpaired) electrons. The lowest BCUT2D eigenvalue weighted by Crippen LogP contribution is -2.40. The van der Waals surface area contributed by atoms with E-state index in [9.17, 15) is 18.0 Å². The van der Waals surface area contributed by atoms with Gasteiger partial charge in [0.25, 0.3) is 0 Å². The Hall–Kier alpha value is -2.33. The van der Waals surface area contributed by atoms with Gasteiger partial charge in [0.1, 0.15) is 0 Å². The van der Waals surface area contributed by atoms with Gasteiger partial charge in [0, 0.05) is 11.1 Å². The molecular weight excluding hydrogens is 374 g/mol. The Kier molecular flexibility index (Phi) is 7.21. The fraction of sp³-hybridized carbons (Fsp3) is 0.529. The molecular formula is C17H25N3O6S. The predicted molar refractivity (Wildman–Crippen MR) is 99.9 cm³/mol. The van der Waals surface area contributed by atoms with Crippen LogP contribution in [0.15, 0.2) is 33.9 Å². The third-order valence-electron chi connectivity index (χ3n) is 4.28. The van der Waals surface area contributed by atoms with Crippen LogP contribution < -0.4 is 5.32 Å². The molecule has 0 heterocycles. The van der Waals surface area contributed by atoms with Gasteiger partial charge >= 0.3 is 16.3 Å². The molecule has 150 valence electrons. The molecule has 27 heavy (non-hydrogen) atoms. The lowest BCUT2D eigenvalue weighted by molar-refractivity contribution is -0.153. The number of carbonyl (C=O) groups is 2. The fourth-order valence-electron chi connectivity index (χ4n) is 2.68. The summed E-state index contributed by atoms with van der Waals surface area (Å²) in [5.41, 5.74) is -0.963. The molecule has 1 aromatic rings. The van der Waals surface area contributed by atoms with Crippen LogP contribution in [-0.4, -0.2) is 32.0 Å². The Morgan fingerprint density at radius 2 is 1.74 bits per heavy atom.